The first-order valence-electron chi connectivity index (χ1n) is 6.02. The summed E-state index contributed by atoms with van der Waals surface area (Å²) in [6.45, 7) is 2.57. The maximum Gasteiger partial charge on any atom is 0.315 e. The van der Waals surface area contributed by atoms with E-state index < -0.39 is 0 Å². The van der Waals surface area contributed by atoms with Gasteiger partial charge in [0.2, 0.25) is 0 Å². The SMILES string of the molecule is CC(CCCO)NC(=O)NCc1ccccc1Br. The molecule has 100 valence electrons. The highest BCUT2D eigenvalue weighted by molar-refractivity contribution is 9.10. The van der Waals surface area contributed by atoms with Crippen LogP contribution in [0, 0.1) is 0 Å². The highest BCUT2D eigenvalue weighted by atomic mass is 79.9. The number of hydrogen-bond donors (Lipinski definition) is 3. The molecule has 1 aromatic rings. The number of carbonyl (C=O) groups is 1. The van der Waals surface area contributed by atoms with Gasteiger partial charge in [-0.2, -0.15) is 0 Å². The van der Waals surface area contributed by atoms with E-state index in [1.165, 1.54) is 0 Å². The lowest BCUT2D eigenvalue weighted by molar-refractivity contribution is 0.234. The van der Waals surface area contributed by atoms with Crippen LogP contribution in [0.5, 0.6) is 0 Å². The van der Waals surface area contributed by atoms with Gasteiger partial charge in [0.1, 0.15) is 0 Å². The van der Waals surface area contributed by atoms with Gasteiger partial charge in [-0.1, -0.05) is 34.1 Å². The first-order valence-corrected chi connectivity index (χ1v) is 6.81. The summed E-state index contributed by atoms with van der Waals surface area (Å²) in [4.78, 5) is 11.6. The van der Waals surface area contributed by atoms with Crippen LogP contribution in [0.4, 0.5) is 4.79 Å². The van der Waals surface area contributed by atoms with E-state index in [-0.39, 0.29) is 18.7 Å². The first kappa shape index (κ1) is 15.0. The van der Waals surface area contributed by atoms with Crippen molar-refractivity contribution in [3.8, 4) is 0 Å². The maximum atomic E-state index is 11.6. The Morgan fingerprint density at radius 3 is 2.83 bits per heavy atom. The summed E-state index contributed by atoms with van der Waals surface area (Å²) in [6, 6.07) is 7.65. The summed E-state index contributed by atoms with van der Waals surface area (Å²) in [5.74, 6) is 0. The van der Waals surface area contributed by atoms with Gasteiger partial charge in [-0.15, -0.1) is 0 Å². The monoisotopic (exact) mass is 314 g/mol. The third-order valence-corrected chi connectivity index (χ3v) is 3.34. The molecule has 1 aromatic carbocycles. The molecule has 0 saturated heterocycles. The fraction of sp³-hybridized carbons (Fsp3) is 0.462. The Balaban J connectivity index is 2.31. The highest BCUT2D eigenvalue weighted by Crippen LogP contribution is 2.15. The maximum absolute atomic E-state index is 11.6. The van der Waals surface area contributed by atoms with E-state index in [9.17, 15) is 4.79 Å². The topological polar surface area (TPSA) is 61.4 Å². The summed E-state index contributed by atoms with van der Waals surface area (Å²) in [5, 5.41) is 14.3. The lowest BCUT2D eigenvalue weighted by Gasteiger charge is -2.14. The zero-order chi connectivity index (χ0) is 13.4. The number of hydrogen-bond acceptors (Lipinski definition) is 2. The molecule has 0 radical (unpaired) electrons. The van der Waals surface area contributed by atoms with Gasteiger partial charge in [0, 0.05) is 23.7 Å². The average molecular weight is 315 g/mol. The molecule has 4 nitrogen and oxygen atoms in total. The van der Waals surface area contributed by atoms with Crippen molar-refractivity contribution in [1.29, 1.82) is 0 Å². The van der Waals surface area contributed by atoms with Crippen molar-refractivity contribution in [3.05, 3.63) is 34.3 Å². The van der Waals surface area contributed by atoms with Crippen molar-refractivity contribution >= 4 is 22.0 Å². The molecular formula is C13H19BrN2O2. The Morgan fingerprint density at radius 2 is 2.17 bits per heavy atom. The van der Waals surface area contributed by atoms with Crippen LogP contribution in [0.1, 0.15) is 25.3 Å². The molecule has 0 saturated carbocycles. The Kier molecular flexibility index (Phi) is 6.75. The predicted molar refractivity (Wildman–Crippen MR) is 75.3 cm³/mol. The van der Waals surface area contributed by atoms with Crippen molar-refractivity contribution in [1.82, 2.24) is 10.6 Å². The first-order chi connectivity index (χ1) is 8.63. The van der Waals surface area contributed by atoms with E-state index in [1.54, 1.807) is 0 Å². The van der Waals surface area contributed by atoms with Crippen LogP contribution in [0.3, 0.4) is 0 Å². The number of aliphatic hydroxyl groups excluding tert-OH is 1. The fourth-order valence-electron chi connectivity index (χ4n) is 1.56. The summed E-state index contributed by atoms with van der Waals surface area (Å²) < 4.78 is 0.985. The number of urea groups is 1. The third kappa shape index (κ3) is 5.51. The summed E-state index contributed by atoms with van der Waals surface area (Å²) in [6.07, 6.45) is 1.48. The number of rotatable bonds is 6. The minimum atomic E-state index is -0.184. The van der Waals surface area contributed by atoms with Crippen molar-refractivity contribution in [2.75, 3.05) is 6.61 Å². The van der Waals surface area contributed by atoms with Crippen molar-refractivity contribution in [2.45, 2.75) is 32.4 Å². The molecule has 0 aliphatic carbocycles. The number of carbonyl (C=O) groups excluding carboxylic acids is 1. The molecular weight excluding hydrogens is 296 g/mol. The number of benzene rings is 1. The zero-order valence-electron chi connectivity index (χ0n) is 10.4. The van der Waals surface area contributed by atoms with Crippen LogP contribution in [-0.2, 0) is 6.54 Å². The molecule has 2 amide bonds. The van der Waals surface area contributed by atoms with Gasteiger partial charge in [0.05, 0.1) is 0 Å². The lowest BCUT2D eigenvalue weighted by Crippen LogP contribution is -2.40. The minimum Gasteiger partial charge on any atom is -0.396 e. The Morgan fingerprint density at radius 1 is 1.44 bits per heavy atom. The van der Waals surface area contributed by atoms with E-state index >= 15 is 0 Å². The molecule has 1 unspecified atom stereocenters. The Bertz CT molecular complexity index is 385. The average Bonchev–Trinajstić information content (AvgIpc) is 2.35. The number of aliphatic hydroxyl groups is 1. The predicted octanol–water partition coefficient (Wildman–Crippen LogP) is 2.41. The van der Waals surface area contributed by atoms with Crippen molar-refractivity contribution in [2.24, 2.45) is 0 Å². The van der Waals surface area contributed by atoms with Gasteiger partial charge in [-0.05, 0) is 31.4 Å². The number of halogens is 1. The van der Waals surface area contributed by atoms with Crippen LogP contribution >= 0.6 is 15.9 Å². The molecule has 5 heteroatoms. The van der Waals surface area contributed by atoms with Crippen LogP contribution in [-0.4, -0.2) is 23.8 Å². The smallest absolute Gasteiger partial charge is 0.315 e. The molecule has 1 atom stereocenters. The van der Waals surface area contributed by atoms with Crippen LogP contribution in [0.15, 0.2) is 28.7 Å². The highest BCUT2D eigenvalue weighted by Gasteiger charge is 2.07. The molecule has 1 rings (SSSR count). The van der Waals surface area contributed by atoms with Crippen LogP contribution in [0.2, 0.25) is 0 Å². The molecule has 0 bridgehead atoms. The van der Waals surface area contributed by atoms with Crippen LogP contribution < -0.4 is 10.6 Å². The summed E-state index contributed by atoms with van der Waals surface area (Å²) in [5.41, 5.74) is 1.04. The van der Waals surface area contributed by atoms with E-state index in [1.807, 2.05) is 31.2 Å². The quantitative estimate of drug-likeness (QED) is 0.755. The van der Waals surface area contributed by atoms with Crippen molar-refractivity contribution < 1.29 is 9.90 Å². The zero-order valence-corrected chi connectivity index (χ0v) is 12.0. The second kappa shape index (κ2) is 8.11. The molecule has 0 aliphatic heterocycles. The van der Waals surface area contributed by atoms with Gasteiger partial charge >= 0.3 is 6.03 Å². The van der Waals surface area contributed by atoms with Crippen molar-refractivity contribution in [3.63, 3.8) is 0 Å². The minimum absolute atomic E-state index is 0.0661. The normalized spacial score (nSPS) is 11.9. The molecule has 0 aromatic heterocycles. The standard InChI is InChI=1S/C13H19BrN2O2/c1-10(5-4-8-17)16-13(18)15-9-11-6-2-3-7-12(11)14/h2-3,6-7,10,17H,4-5,8-9H2,1H3,(H2,15,16,18). The van der Waals surface area contributed by atoms with Gasteiger partial charge in [0.25, 0.3) is 0 Å². The largest absolute Gasteiger partial charge is 0.396 e. The Hall–Kier alpha value is -1.07. The van der Waals surface area contributed by atoms with Gasteiger partial charge < -0.3 is 15.7 Å². The van der Waals surface area contributed by atoms with E-state index in [0.717, 1.165) is 16.5 Å². The molecule has 0 spiro atoms. The number of amides is 2. The fourth-order valence-corrected chi connectivity index (χ4v) is 1.99. The molecule has 0 heterocycles. The summed E-state index contributed by atoms with van der Waals surface area (Å²) >= 11 is 3.43. The Labute approximate surface area is 116 Å². The molecule has 3 N–H and O–H groups in total. The van der Waals surface area contributed by atoms with E-state index in [2.05, 4.69) is 26.6 Å². The van der Waals surface area contributed by atoms with Gasteiger partial charge in [-0.3, -0.25) is 0 Å². The molecule has 18 heavy (non-hydrogen) atoms. The molecule has 0 fully saturated rings. The third-order valence-electron chi connectivity index (χ3n) is 2.57. The second-order valence-electron chi connectivity index (χ2n) is 4.19. The lowest BCUT2D eigenvalue weighted by atomic mass is 10.2. The van der Waals surface area contributed by atoms with E-state index in [4.69, 9.17) is 5.11 Å². The van der Waals surface area contributed by atoms with Crippen LogP contribution in [0.25, 0.3) is 0 Å². The summed E-state index contributed by atoms with van der Waals surface area (Å²) in [7, 11) is 0. The molecule has 0 aliphatic rings. The van der Waals surface area contributed by atoms with Gasteiger partial charge in [-0.25, -0.2) is 4.79 Å². The van der Waals surface area contributed by atoms with E-state index in [0.29, 0.717) is 13.0 Å². The number of nitrogens with one attached hydrogen (secondary N) is 2. The second-order valence-corrected chi connectivity index (χ2v) is 5.04. The van der Waals surface area contributed by atoms with Gasteiger partial charge in [0.15, 0.2) is 0 Å².